The van der Waals surface area contributed by atoms with Crippen LogP contribution in [0.15, 0.2) is 50.1 Å². The van der Waals surface area contributed by atoms with Crippen molar-refractivity contribution in [2.75, 3.05) is 7.11 Å². The van der Waals surface area contributed by atoms with Crippen LogP contribution in [0, 0.1) is 6.92 Å². The predicted molar refractivity (Wildman–Crippen MR) is 115 cm³/mol. The van der Waals surface area contributed by atoms with Crippen LogP contribution < -0.4 is 10.2 Å². The molecule has 0 radical (unpaired) electrons. The molecule has 0 aliphatic rings. The lowest BCUT2D eigenvalue weighted by Crippen LogP contribution is -2.08. The van der Waals surface area contributed by atoms with E-state index < -0.39 is 0 Å². The summed E-state index contributed by atoms with van der Waals surface area (Å²) in [5.74, 6) is 1.41. The van der Waals surface area contributed by atoms with Crippen molar-refractivity contribution in [2.45, 2.75) is 46.0 Å². The number of hydrogen-bond acceptors (Lipinski definition) is 3. The Morgan fingerprint density at radius 3 is 2.48 bits per heavy atom. The van der Waals surface area contributed by atoms with Gasteiger partial charge in [-0.15, -0.1) is 0 Å². The van der Waals surface area contributed by atoms with Crippen molar-refractivity contribution < 1.29 is 9.15 Å². The van der Waals surface area contributed by atoms with Crippen molar-refractivity contribution in [1.82, 2.24) is 0 Å². The third kappa shape index (κ3) is 4.27. The summed E-state index contributed by atoms with van der Waals surface area (Å²) in [6.45, 7) is 4.04. The number of rotatable bonds is 7. The highest BCUT2D eigenvalue weighted by molar-refractivity contribution is 9.10. The Labute approximate surface area is 168 Å². The molecule has 2 aromatic carbocycles. The minimum absolute atomic E-state index is 0.00790. The van der Waals surface area contributed by atoms with Crippen LogP contribution in [-0.4, -0.2) is 7.11 Å². The van der Waals surface area contributed by atoms with E-state index in [4.69, 9.17) is 9.15 Å². The monoisotopic (exact) mass is 428 g/mol. The van der Waals surface area contributed by atoms with E-state index >= 15 is 0 Å². The molecule has 0 aliphatic carbocycles. The van der Waals surface area contributed by atoms with Gasteiger partial charge in [0, 0.05) is 10.5 Å². The molecule has 3 aromatic rings. The molecule has 1 aromatic heterocycles. The molecule has 0 spiro atoms. The van der Waals surface area contributed by atoms with Crippen LogP contribution in [0.5, 0.6) is 5.75 Å². The number of ether oxygens (including phenoxy) is 1. The van der Waals surface area contributed by atoms with Gasteiger partial charge >= 0.3 is 0 Å². The summed E-state index contributed by atoms with van der Waals surface area (Å²) in [5, 5.41) is 0.616. The van der Waals surface area contributed by atoms with E-state index in [1.54, 1.807) is 7.11 Å². The van der Waals surface area contributed by atoms with Crippen molar-refractivity contribution in [1.29, 1.82) is 0 Å². The summed E-state index contributed by atoms with van der Waals surface area (Å²) in [6, 6.07) is 11.5. The van der Waals surface area contributed by atoms with Gasteiger partial charge in [0.25, 0.3) is 0 Å². The van der Waals surface area contributed by atoms with E-state index in [0.717, 1.165) is 34.2 Å². The van der Waals surface area contributed by atoms with Gasteiger partial charge in [0.1, 0.15) is 17.1 Å². The molecule has 0 saturated heterocycles. The molecule has 27 heavy (non-hydrogen) atoms. The summed E-state index contributed by atoms with van der Waals surface area (Å²) in [7, 11) is 1.66. The van der Waals surface area contributed by atoms with Crippen LogP contribution in [0.3, 0.4) is 0 Å². The number of halogens is 1. The first kappa shape index (κ1) is 19.7. The maximum absolute atomic E-state index is 13.3. The maximum Gasteiger partial charge on any atom is 0.200 e. The van der Waals surface area contributed by atoms with Crippen LogP contribution in [0.25, 0.3) is 22.1 Å². The zero-order valence-corrected chi connectivity index (χ0v) is 17.7. The molecule has 4 heteroatoms. The molecule has 0 unspecified atom stereocenters. The topological polar surface area (TPSA) is 39.4 Å². The second-order valence-corrected chi connectivity index (χ2v) is 7.76. The fraction of sp³-hybridized carbons (Fsp3) is 0.348. The summed E-state index contributed by atoms with van der Waals surface area (Å²) >= 11 is 3.44. The van der Waals surface area contributed by atoms with Gasteiger partial charge in [-0.3, -0.25) is 4.79 Å². The minimum Gasteiger partial charge on any atom is -0.496 e. The molecule has 0 atom stereocenters. The zero-order valence-electron chi connectivity index (χ0n) is 16.1. The number of aryl methyl sites for hydroxylation is 2. The van der Waals surface area contributed by atoms with Crippen LogP contribution in [0.4, 0.5) is 0 Å². The summed E-state index contributed by atoms with van der Waals surface area (Å²) in [6.07, 6.45) is 5.61. The molecule has 0 aliphatic heterocycles. The molecule has 1 heterocycles. The van der Waals surface area contributed by atoms with Gasteiger partial charge in [-0.05, 0) is 49.1 Å². The second kappa shape index (κ2) is 8.75. The average molecular weight is 429 g/mol. The number of unbranched alkanes of at least 4 members (excludes halogenated alkanes) is 3. The third-order valence-corrected chi connectivity index (χ3v) is 5.43. The Hall–Kier alpha value is -2.07. The van der Waals surface area contributed by atoms with Crippen molar-refractivity contribution in [3.63, 3.8) is 0 Å². The van der Waals surface area contributed by atoms with Crippen LogP contribution >= 0.6 is 15.9 Å². The summed E-state index contributed by atoms with van der Waals surface area (Å²) < 4.78 is 12.5. The van der Waals surface area contributed by atoms with Gasteiger partial charge in [-0.1, -0.05) is 54.2 Å². The fourth-order valence-corrected chi connectivity index (χ4v) is 3.72. The average Bonchev–Trinajstić information content (AvgIpc) is 2.66. The normalized spacial score (nSPS) is 11.1. The third-order valence-electron chi connectivity index (χ3n) is 4.90. The van der Waals surface area contributed by atoms with E-state index in [9.17, 15) is 4.79 Å². The highest BCUT2D eigenvalue weighted by atomic mass is 79.9. The Balaban J connectivity index is 2.09. The molecular formula is C23H25BrO3. The summed E-state index contributed by atoms with van der Waals surface area (Å²) in [4.78, 5) is 13.3. The molecule has 0 N–H and O–H groups in total. The number of fused-ring (bicyclic) bond motifs is 1. The van der Waals surface area contributed by atoms with E-state index in [1.165, 1.54) is 19.3 Å². The number of hydrogen-bond donors (Lipinski definition) is 0. The maximum atomic E-state index is 13.3. The van der Waals surface area contributed by atoms with Crippen molar-refractivity contribution in [3.8, 4) is 16.9 Å². The number of methoxy groups -OCH3 is 1. The standard InChI is InChI=1S/C23H25BrO3/c1-4-5-6-7-8-17-13-19-21(14-20(17)26-3)27-15(2)22(23(19)25)16-9-11-18(24)12-10-16/h9-14H,4-8H2,1-3H3. The molecule has 3 nitrogen and oxygen atoms in total. The Morgan fingerprint density at radius 2 is 1.81 bits per heavy atom. The van der Waals surface area contributed by atoms with E-state index in [2.05, 4.69) is 22.9 Å². The van der Waals surface area contributed by atoms with E-state index in [1.807, 2.05) is 43.3 Å². The largest absolute Gasteiger partial charge is 0.496 e. The zero-order chi connectivity index (χ0) is 19.4. The fourth-order valence-electron chi connectivity index (χ4n) is 3.46. The van der Waals surface area contributed by atoms with Crippen LogP contribution in [0.2, 0.25) is 0 Å². The Kier molecular flexibility index (Phi) is 6.38. The Bertz CT molecular complexity index is 987. The Morgan fingerprint density at radius 1 is 1.07 bits per heavy atom. The lowest BCUT2D eigenvalue weighted by atomic mass is 9.99. The second-order valence-electron chi connectivity index (χ2n) is 6.84. The van der Waals surface area contributed by atoms with Gasteiger partial charge in [-0.2, -0.15) is 0 Å². The smallest absolute Gasteiger partial charge is 0.200 e. The van der Waals surface area contributed by atoms with E-state index in [0.29, 0.717) is 22.3 Å². The van der Waals surface area contributed by atoms with E-state index in [-0.39, 0.29) is 5.43 Å². The summed E-state index contributed by atoms with van der Waals surface area (Å²) in [5.41, 5.74) is 3.14. The van der Waals surface area contributed by atoms with Crippen LogP contribution in [0.1, 0.15) is 43.9 Å². The predicted octanol–water partition coefficient (Wildman–Crippen LogP) is 6.66. The van der Waals surface area contributed by atoms with Gasteiger partial charge in [0.2, 0.25) is 5.43 Å². The van der Waals surface area contributed by atoms with Crippen molar-refractivity contribution in [3.05, 3.63) is 62.4 Å². The van der Waals surface area contributed by atoms with Crippen molar-refractivity contribution >= 4 is 26.9 Å². The van der Waals surface area contributed by atoms with Gasteiger partial charge in [-0.25, -0.2) is 0 Å². The van der Waals surface area contributed by atoms with Gasteiger partial charge < -0.3 is 9.15 Å². The SMILES string of the molecule is CCCCCCc1cc2c(=O)c(-c3ccc(Br)cc3)c(C)oc2cc1OC. The quantitative estimate of drug-likeness (QED) is 0.394. The van der Waals surface area contributed by atoms with Gasteiger partial charge in [0.05, 0.1) is 18.1 Å². The first-order valence-electron chi connectivity index (χ1n) is 9.45. The number of benzene rings is 2. The molecule has 0 bridgehead atoms. The molecule has 0 saturated carbocycles. The molecular weight excluding hydrogens is 404 g/mol. The lowest BCUT2D eigenvalue weighted by molar-refractivity contribution is 0.408. The first-order valence-corrected chi connectivity index (χ1v) is 10.2. The van der Waals surface area contributed by atoms with Crippen LogP contribution in [-0.2, 0) is 6.42 Å². The highest BCUT2D eigenvalue weighted by Gasteiger charge is 2.16. The molecule has 0 fully saturated rings. The highest BCUT2D eigenvalue weighted by Crippen LogP contribution is 2.30. The van der Waals surface area contributed by atoms with Gasteiger partial charge in [0.15, 0.2) is 0 Å². The molecule has 0 amide bonds. The minimum atomic E-state index is 0.00790. The van der Waals surface area contributed by atoms with Crippen molar-refractivity contribution in [2.24, 2.45) is 0 Å². The molecule has 3 rings (SSSR count). The lowest BCUT2D eigenvalue weighted by Gasteiger charge is -2.12. The molecule has 142 valence electrons. The first-order chi connectivity index (χ1) is 13.0.